The molecule has 2 aromatic carbocycles. The molecule has 0 amide bonds. The van der Waals surface area contributed by atoms with Crippen molar-refractivity contribution < 1.29 is 22.8 Å². The highest BCUT2D eigenvalue weighted by Gasteiger charge is 2.31. The Kier molecular flexibility index (Phi) is 4.11. The molecule has 0 atom stereocenters. The Bertz CT molecular complexity index is 904. The van der Waals surface area contributed by atoms with E-state index in [9.17, 15) is 22.8 Å². The molecule has 1 aliphatic rings. The second-order valence-corrected chi connectivity index (χ2v) is 6.18. The van der Waals surface area contributed by atoms with Crippen LogP contribution in [0.3, 0.4) is 0 Å². The molecular formula is C20H15F3O2. The number of hydrogen-bond acceptors (Lipinski definition) is 2. The number of allylic oxidation sites excluding steroid dienone is 2. The van der Waals surface area contributed by atoms with E-state index in [2.05, 4.69) is 0 Å². The second kappa shape index (κ2) is 5.99. The van der Waals surface area contributed by atoms with E-state index in [0.717, 1.165) is 17.7 Å². The van der Waals surface area contributed by atoms with Crippen molar-refractivity contribution in [3.05, 3.63) is 81.4 Å². The molecule has 0 unspecified atom stereocenters. The van der Waals surface area contributed by atoms with E-state index in [0.29, 0.717) is 27.8 Å². The van der Waals surface area contributed by atoms with E-state index in [-0.39, 0.29) is 18.0 Å². The van der Waals surface area contributed by atoms with Gasteiger partial charge in [0.25, 0.3) is 0 Å². The van der Waals surface area contributed by atoms with E-state index in [4.69, 9.17) is 0 Å². The lowest BCUT2D eigenvalue weighted by molar-refractivity contribution is -0.137. The number of hydrogen-bond donors (Lipinski definition) is 0. The van der Waals surface area contributed by atoms with E-state index < -0.39 is 11.7 Å². The normalized spacial score (nSPS) is 14.8. The molecule has 128 valence electrons. The van der Waals surface area contributed by atoms with Gasteiger partial charge in [-0.15, -0.1) is 0 Å². The molecule has 0 saturated carbocycles. The highest BCUT2D eigenvalue weighted by molar-refractivity contribution is 6.26. The standard InChI is InChI=1S/C20H15F3O2/c1-11-3-8-15-17(9-11)19(25)16(12(2)18(15)24)10-13-4-6-14(7-5-13)20(21,22)23/h3-9H,10H2,1-2H3. The lowest BCUT2D eigenvalue weighted by Gasteiger charge is -2.20. The van der Waals surface area contributed by atoms with Gasteiger partial charge < -0.3 is 0 Å². The predicted octanol–water partition coefficient (Wildman–Crippen LogP) is 4.95. The SMILES string of the molecule is CC1=C(Cc2ccc(C(F)(F)F)cc2)C(=O)c2cc(C)ccc2C1=O. The van der Waals surface area contributed by atoms with Crippen LogP contribution in [0.15, 0.2) is 53.6 Å². The summed E-state index contributed by atoms with van der Waals surface area (Å²) in [4.78, 5) is 25.3. The zero-order valence-electron chi connectivity index (χ0n) is 13.7. The number of ketones is 2. The van der Waals surface area contributed by atoms with Crippen LogP contribution >= 0.6 is 0 Å². The zero-order chi connectivity index (χ0) is 18.4. The van der Waals surface area contributed by atoms with Gasteiger partial charge in [0.2, 0.25) is 0 Å². The number of aryl methyl sites for hydroxylation is 1. The molecule has 0 heterocycles. The van der Waals surface area contributed by atoms with E-state index in [1.165, 1.54) is 12.1 Å². The van der Waals surface area contributed by atoms with Crippen LogP contribution in [-0.2, 0) is 12.6 Å². The fourth-order valence-electron chi connectivity index (χ4n) is 2.94. The fourth-order valence-corrected chi connectivity index (χ4v) is 2.94. The first kappa shape index (κ1) is 17.1. The largest absolute Gasteiger partial charge is 0.416 e. The Labute approximate surface area is 143 Å². The monoisotopic (exact) mass is 344 g/mol. The number of carbonyl (C=O) groups excluding carboxylic acids is 2. The average Bonchev–Trinajstić information content (AvgIpc) is 2.56. The van der Waals surface area contributed by atoms with Crippen molar-refractivity contribution >= 4 is 11.6 Å². The first-order chi connectivity index (χ1) is 11.7. The van der Waals surface area contributed by atoms with Gasteiger partial charge in [-0.3, -0.25) is 9.59 Å². The molecule has 2 aromatic rings. The number of carbonyl (C=O) groups is 2. The lowest BCUT2D eigenvalue weighted by Crippen LogP contribution is -2.22. The van der Waals surface area contributed by atoms with Crippen molar-refractivity contribution in [2.45, 2.75) is 26.4 Å². The van der Waals surface area contributed by atoms with Crippen LogP contribution in [0.1, 0.15) is 44.3 Å². The summed E-state index contributed by atoms with van der Waals surface area (Å²) in [5.74, 6) is -0.452. The molecule has 3 rings (SSSR count). The highest BCUT2D eigenvalue weighted by atomic mass is 19.4. The number of alkyl halides is 3. The molecule has 0 fully saturated rings. The van der Waals surface area contributed by atoms with Gasteiger partial charge in [0, 0.05) is 28.7 Å². The van der Waals surface area contributed by atoms with Crippen molar-refractivity contribution in [3.63, 3.8) is 0 Å². The zero-order valence-corrected chi connectivity index (χ0v) is 13.7. The maximum atomic E-state index is 12.8. The smallest absolute Gasteiger partial charge is 0.289 e. The average molecular weight is 344 g/mol. The Balaban J connectivity index is 1.96. The maximum Gasteiger partial charge on any atom is 0.416 e. The van der Waals surface area contributed by atoms with Crippen LogP contribution in [-0.4, -0.2) is 11.6 Å². The Morgan fingerprint density at radius 1 is 0.840 bits per heavy atom. The van der Waals surface area contributed by atoms with Crippen LogP contribution in [0.2, 0.25) is 0 Å². The van der Waals surface area contributed by atoms with E-state index in [1.54, 1.807) is 25.1 Å². The molecule has 0 aromatic heterocycles. The third kappa shape index (κ3) is 3.14. The first-order valence-corrected chi connectivity index (χ1v) is 7.74. The number of fused-ring (bicyclic) bond motifs is 1. The van der Waals surface area contributed by atoms with Gasteiger partial charge in [-0.1, -0.05) is 29.8 Å². The minimum absolute atomic E-state index is 0.127. The van der Waals surface area contributed by atoms with Gasteiger partial charge in [0.1, 0.15) is 0 Å². The maximum absolute atomic E-state index is 12.8. The van der Waals surface area contributed by atoms with Crippen molar-refractivity contribution in [2.75, 3.05) is 0 Å². The van der Waals surface area contributed by atoms with Crippen LogP contribution in [0.5, 0.6) is 0 Å². The summed E-state index contributed by atoms with van der Waals surface area (Å²) < 4.78 is 37.9. The van der Waals surface area contributed by atoms with Gasteiger partial charge in [-0.25, -0.2) is 0 Å². The third-order valence-electron chi connectivity index (χ3n) is 4.39. The molecule has 25 heavy (non-hydrogen) atoms. The molecule has 0 aliphatic heterocycles. The lowest BCUT2D eigenvalue weighted by atomic mass is 9.81. The number of rotatable bonds is 2. The van der Waals surface area contributed by atoms with Crippen molar-refractivity contribution in [1.29, 1.82) is 0 Å². The summed E-state index contributed by atoms with van der Waals surface area (Å²) in [7, 11) is 0. The molecule has 0 radical (unpaired) electrons. The molecule has 0 saturated heterocycles. The third-order valence-corrected chi connectivity index (χ3v) is 4.39. The summed E-state index contributed by atoms with van der Waals surface area (Å²) in [6, 6.07) is 9.74. The van der Waals surface area contributed by atoms with Crippen molar-refractivity contribution in [2.24, 2.45) is 0 Å². The molecule has 0 bridgehead atoms. The number of Topliss-reactive ketones (excluding diaryl/α,β-unsaturated/α-hetero) is 2. The van der Waals surface area contributed by atoms with Crippen molar-refractivity contribution in [1.82, 2.24) is 0 Å². The van der Waals surface area contributed by atoms with Crippen LogP contribution in [0.25, 0.3) is 0 Å². The van der Waals surface area contributed by atoms with Crippen LogP contribution in [0, 0.1) is 6.92 Å². The molecule has 1 aliphatic carbocycles. The first-order valence-electron chi connectivity index (χ1n) is 7.74. The summed E-state index contributed by atoms with van der Waals surface area (Å²) >= 11 is 0. The summed E-state index contributed by atoms with van der Waals surface area (Å²) in [6.45, 7) is 3.42. The van der Waals surface area contributed by atoms with Gasteiger partial charge >= 0.3 is 6.18 Å². The summed E-state index contributed by atoms with van der Waals surface area (Å²) in [6.07, 6.45) is -4.28. The van der Waals surface area contributed by atoms with E-state index in [1.807, 2.05) is 6.92 Å². The highest BCUT2D eigenvalue weighted by Crippen LogP contribution is 2.31. The quantitative estimate of drug-likeness (QED) is 0.772. The van der Waals surface area contributed by atoms with Gasteiger partial charge in [-0.05, 0) is 37.6 Å². The number of benzene rings is 2. The fraction of sp³-hybridized carbons (Fsp3) is 0.200. The number of halogens is 3. The van der Waals surface area contributed by atoms with Crippen LogP contribution < -0.4 is 0 Å². The van der Waals surface area contributed by atoms with Crippen molar-refractivity contribution in [3.8, 4) is 0 Å². The van der Waals surface area contributed by atoms with Gasteiger partial charge in [0.15, 0.2) is 11.6 Å². The minimum atomic E-state index is -4.40. The summed E-state index contributed by atoms with van der Waals surface area (Å²) in [5, 5.41) is 0. The molecule has 0 N–H and O–H groups in total. The predicted molar refractivity (Wildman–Crippen MR) is 87.7 cm³/mol. The van der Waals surface area contributed by atoms with Crippen LogP contribution in [0.4, 0.5) is 13.2 Å². The van der Waals surface area contributed by atoms with Gasteiger partial charge in [-0.2, -0.15) is 13.2 Å². The van der Waals surface area contributed by atoms with Gasteiger partial charge in [0.05, 0.1) is 5.56 Å². The summed E-state index contributed by atoms with van der Waals surface area (Å²) in [5.41, 5.74) is 2.10. The molecule has 2 nitrogen and oxygen atoms in total. The topological polar surface area (TPSA) is 34.1 Å². The Morgan fingerprint density at radius 2 is 1.48 bits per heavy atom. The molecular weight excluding hydrogens is 329 g/mol. The molecule has 5 heteroatoms. The Morgan fingerprint density at radius 3 is 2.08 bits per heavy atom. The Hall–Kier alpha value is -2.69. The van der Waals surface area contributed by atoms with E-state index >= 15 is 0 Å². The minimum Gasteiger partial charge on any atom is -0.289 e. The second-order valence-electron chi connectivity index (χ2n) is 6.18. The molecule has 0 spiro atoms.